The highest BCUT2D eigenvalue weighted by Crippen LogP contribution is 2.23. The third-order valence-electron chi connectivity index (χ3n) is 3.09. The van der Waals surface area contributed by atoms with Gasteiger partial charge in [0.25, 0.3) is 5.91 Å². The van der Waals surface area contributed by atoms with Gasteiger partial charge in [0, 0.05) is 36.1 Å². The van der Waals surface area contributed by atoms with Crippen molar-refractivity contribution in [2.45, 2.75) is 18.6 Å². The topological polar surface area (TPSA) is 72.9 Å². The number of nitrogen functional groups attached to an aromatic ring is 1. The molecule has 1 aromatic rings. The van der Waals surface area contributed by atoms with Crippen LogP contribution in [-0.2, 0) is 13.5 Å². The van der Waals surface area contributed by atoms with Crippen molar-refractivity contribution in [1.82, 2.24) is 15.1 Å². The average Bonchev–Trinajstić information content (AvgIpc) is 2.72. The van der Waals surface area contributed by atoms with Gasteiger partial charge in [0.15, 0.2) is 0 Å². The number of carbonyl (C=O) groups is 1. The number of aryl methyl sites for hydroxylation is 2. The van der Waals surface area contributed by atoms with Crippen LogP contribution in [0.15, 0.2) is 0 Å². The Labute approximate surface area is 122 Å². The first kappa shape index (κ1) is 14.6. The molecule has 0 aromatic carbocycles. The average molecular weight is 300 g/mol. The second-order valence-electron chi connectivity index (χ2n) is 4.46. The van der Waals surface area contributed by atoms with Gasteiger partial charge in [-0.15, -0.1) is 0 Å². The summed E-state index contributed by atoms with van der Waals surface area (Å²) in [5.41, 5.74) is 7.74. The maximum atomic E-state index is 12.2. The van der Waals surface area contributed by atoms with E-state index in [2.05, 4.69) is 10.4 Å². The van der Waals surface area contributed by atoms with Crippen molar-refractivity contribution in [3.8, 4) is 0 Å². The molecule has 1 fully saturated rings. The maximum absolute atomic E-state index is 12.2. The van der Waals surface area contributed by atoms with Crippen LogP contribution in [0.25, 0.3) is 0 Å². The molecule has 1 atom stereocenters. The van der Waals surface area contributed by atoms with E-state index in [1.807, 2.05) is 30.4 Å². The van der Waals surface area contributed by atoms with Crippen LogP contribution < -0.4 is 11.1 Å². The van der Waals surface area contributed by atoms with Crippen molar-refractivity contribution in [1.29, 1.82) is 0 Å². The number of nitrogens with zero attached hydrogens (tertiary/aromatic N) is 2. The summed E-state index contributed by atoms with van der Waals surface area (Å²) in [4.78, 5) is 12.2. The van der Waals surface area contributed by atoms with E-state index in [0.717, 1.165) is 17.9 Å². The van der Waals surface area contributed by atoms with Gasteiger partial charge in [-0.3, -0.25) is 9.48 Å². The lowest BCUT2D eigenvalue weighted by Crippen LogP contribution is -2.34. The van der Waals surface area contributed by atoms with Crippen molar-refractivity contribution < 1.29 is 4.79 Å². The summed E-state index contributed by atoms with van der Waals surface area (Å²) in [5.74, 6) is 3.36. The van der Waals surface area contributed by atoms with E-state index < -0.39 is 0 Å². The van der Waals surface area contributed by atoms with Crippen molar-refractivity contribution in [3.05, 3.63) is 11.4 Å². The number of hydrogen-bond donors (Lipinski definition) is 2. The summed E-state index contributed by atoms with van der Waals surface area (Å²) in [7, 11) is 1.76. The SMILES string of the molecule is CCc1nn(C)c(C(=O)NCC2CSCCS2)c1N. The summed E-state index contributed by atoms with van der Waals surface area (Å²) < 4.78 is 1.58. The van der Waals surface area contributed by atoms with E-state index in [1.54, 1.807) is 11.7 Å². The Morgan fingerprint density at radius 3 is 2.95 bits per heavy atom. The number of thioether (sulfide) groups is 2. The Morgan fingerprint density at radius 1 is 1.58 bits per heavy atom. The van der Waals surface area contributed by atoms with Crippen LogP contribution in [-0.4, -0.2) is 44.7 Å². The molecule has 2 heterocycles. The zero-order chi connectivity index (χ0) is 13.8. The molecular formula is C12H20N4OS2. The molecule has 7 heteroatoms. The van der Waals surface area contributed by atoms with Crippen molar-refractivity contribution in [3.63, 3.8) is 0 Å². The van der Waals surface area contributed by atoms with Crippen LogP contribution in [0.5, 0.6) is 0 Å². The number of hydrogen-bond acceptors (Lipinski definition) is 5. The molecule has 19 heavy (non-hydrogen) atoms. The Balaban J connectivity index is 1.97. The molecule has 2 rings (SSSR count). The van der Waals surface area contributed by atoms with Crippen LogP contribution in [0.3, 0.4) is 0 Å². The number of nitrogens with one attached hydrogen (secondary N) is 1. The molecule has 0 bridgehead atoms. The van der Waals surface area contributed by atoms with Crippen LogP contribution in [0.1, 0.15) is 23.1 Å². The van der Waals surface area contributed by atoms with E-state index in [9.17, 15) is 4.79 Å². The monoisotopic (exact) mass is 300 g/mol. The Morgan fingerprint density at radius 2 is 2.37 bits per heavy atom. The number of carbonyl (C=O) groups excluding carboxylic acids is 1. The first-order chi connectivity index (χ1) is 9.13. The predicted octanol–water partition coefficient (Wildman–Crippen LogP) is 1.14. The van der Waals surface area contributed by atoms with Gasteiger partial charge in [0.2, 0.25) is 0 Å². The fourth-order valence-electron chi connectivity index (χ4n) is 2.07. The number of aromatic nitrogens is 2. The lowest BCUT2D eigenvalue weighted by atomic mass is 10.2. The van der Waals surface area contributed by atoms with Crippen LogP contribution >= 0.6 is 23.5 Å². The van der Waals surface area contributed by atoms with E-state index in [4.69, 9.17) is 5.73 Å². The highest BCUT2D eigenvalue weighted by molar-refractivity contribution is 8.06. The minimum atomic E-state index is -0.122. The molecule has 5 nitrogen and oxygen atoms in total. The van der Waals surface area contributed by atoms with Gasteiger partial charge in [-0.1, -0.05) is 6.92 Å². The molecule has 1 saturated heterocycles. The zero-order valence-corrected chi connectivity index (χ0v) is 12.9. The Kier molecular flexibility index (Phi) is 5.04. The number of nitrogens with two attached hydrogens (primary N) is 1. The van der Waals surface area contributed by atoms with Crippen LogP contribution in [0.4, 0.5) is 5.69 Å². The summed E-state index contributed by atoms with van der Waals surface area (Å²) in [5, 5.41) is 7.74. The first-order valence-corrected chi connectivity index (χ1v) is 8.62. The molecule has 0 aliphatic carbocycles. The standard InChI is InChI=1S/C12H20N4OS2/c1-3-9-10(13)11(16(2)15-9)12(17)14-6-8-7-18-4-5-19-8/h8H,3-7,13H2,1-2H3,(H,14,17). The fourth-order valence-corrected chi connectivity index (χ4v) is 4.68. The Hall–Kier alpha value is -0.820. The van der Waals surface area contributed by atoms with E-state index in [1.165, 1.54) is 11.5 Å². The van der Waals surface area contributed by atoms with E-state index in [0.29, 0.717) is 23.2 Å². The van der Waals surface area contributed by atoms with Crippen molar-refractivity contribution in [2.75, 3.05) is 29.5 Å². The highest BCUT2D eigenvalue weighted by Gasteiger charge is 2.21. The van der Waals surface area contributed by atoms with Crippen LogP contribution in [0, 0.1) is 0 Å². The van der Waals surface area contributed by atoms with Gasteiger partial charge in [-0.25, -0.2) is 0 Å². The van der Waals surface area contributed by atoms with Gasteiger partial charge >= 0.3 is 0 Å². The van der Waals surface area contributed by atoms with Crippen LogP contribution in [0.2, 0.25) is 0 Å². The second kappa shape index (κ2) is 6.56. The number of amides is 1. The first-order valence-electron chi connectivity index (χ1n) is 6.42. The van der Waals surface area contributed by atoms with Gasteiger partial charge in [-0.05, 0) is 6.42 Å². The summed E-state index contributed by atoms with van der Waals surface area (Å²) in [6, 6.07) is 0. The Bertz CT molecular complexity index is 455. The summed E-state index contributed by atoms with van der Waals surface area (Å²) in [6.45, 7) is 2.68. The molecule has 1 unspecified atom stereocenters. The van der Waals surface area contributed by atoms with Crippen molar-refractivity contribution in [2.24, 2.45) is 7.05 Å². The normalized spacial score (nSPS) is 19.4. The molecule has 106 valence electrons. The molecule has 1 aliphatic rings. The minimum Gasteiger partial charge on any atom is -0.395 e. The molecule has 0 saturated carbocycles. The molecule has 1 aliphatic heterocycles. The third-order valence-corrected chi connectivity index (χ3v) is 5.93. The van der Waals surface area contributed by atoms with Gasteiger partial charge < -0.3 is 11.1 Å². The molecule has 1 amide bonds. The molecule has 3 N–H and O–H groups in total. The summed E-state index contributed by atoms with van der Waals surface area (Å²) in [6.07, 6.45) is 0.738. The molecular weight excluding hydrogens is 280 g/mol. The molecule has 1 aromatic heterocycles. The lowest BCUT2D eigenvalue weighted by molar-refractivity contribution is 0.0946. The van der Waals surface area contributed by atoms with Gasteiger partial charge in [-0.2, -0.15) is 28.6 Å². The predicted molar refractivity (Wildman–Crippen MR) is 82.9 cm³/mol. The zero-order valence-electron chi connectivity index (χ0n) is 11.3. The molecule has 0 spiro atoms. The quantitative estimate of drug-likeness (QED) is 0.872. The van der Waals surface area contributed by atoms with Gasteiger partial charge in [0.05, 0.1) is 11.4 Å². The fraction of sp³-hybridized carbons (Fsp3) is 0.667. The van der Waals surface area contributed by atoms with E-state index in [-0.39, 0.29) is 5.91 Å². The largest absolute Gasteiger partial charge is 0.395 e. The lowest BCUT2D eigenvalue weighted by Gasteiger charge is -2.21. The maximum Gasteiger partial charge on any atom is 0.271 e. The molecule has 0 radical (unpaired) electrons. The van der Waals surface area contributed by atoms with Gasteiger partial charge in [0.1, 0.15) is 5.69 Å². The number of rotatable bonds is 4. The third kappa shape index (κ3) is 3.39. The smallest absolute Gasteiger partial charge is 0.271 e. The highest BCUT2D eigenvalue weighted by atomic mass is 32.2. The summed E-state index contributed by atoms with van der Waals surface area (Å²) >= 11 is 3.88. The second-order valence-corrected chi connectivity index (χ2v) is 7.02. The van der Waals surface area contributed by atoms with Crippen molar-refractivity contribution >= 4 is 35.1 Å². The minimum absolute atomic E-state index is 0.122. The van der Waals surface area contributed by atoms with E-state index >= 15 is 0 Å². The number of anilines is 1.